The quantitative estimate of drug-likeness (QED) is 0.800. The van der Waals surface area contributed by atoms with E-state index in [2.05, 4.69) is 5.32 Å². The number of benzene rings is 1. The van der Waals surface area contributed by atoms with Crippen molar-refractivity contribution >= 4 is 0 Å². The van der Waals surface area contributed by atoms with Gasteiger partial charge in [-0.2, -0.15) is 0 Å². The molecule has 0 amide bonds. The minimum absolute atomic E-state index is 0.713. The predicted molar refractivity (Wildman–Crippen MR) is 76.0 cm³/mol. The van der Waals surface area contributed by atoms with E-state index in [1.165, 1.54) is 44.9 Å². The second-order valence-electron chi connectivity index (χ2n) is 5.16. The zero-order chi connectivity index (χ0) is 12.5. The van der Waals surface area contributed by atoms with Crippen LogP contribution in [-0.2, 0) is 0 Å². The summed E-state index contributed by atoms with van der Waals surface area (Å²) in [6.07, 6.45) is 9.71. The minimum atomic E-state index is 0.713. The maximum absolute atomic E-state index is 5.69. The smallest absolute Gasteiger partial charge is 0.119 e. The third-order valence-electron chi connectivity index (χ3n) is 3.65. The molecule has 1 N–H and O–H groups in total. The zero-order valence-electron chi connectivity index (χ0n) is 11.2. The van der Waals surface area contributed by atoms with Crippen LogP contribution in [0.15, 0.2) is 30.3 Å². The van der Waals surface area contributed by atoms with Crippen molar-refractivity contribution in [3.63, 3.8) is 0 Å². The van der Waals surface area contributed by atoms with Crippen molar-refractivity contribution in [2.45, 2.75) is 51.0 Å². The van der Waals surface area contributed by atoms with E-state index in [1.807, 2.05) is 30.3 Å². The van der Waals surface area contributed by atoms with E-state index >= 15 is 0 Å². The molecule has 2 nitrogen and oxygen atoms in total. The maximum Gasteiger partial charge on any atom is 0.119 e. The Morgan fingerprint density at radius 2 is 1.61 bits per heavy atom. The van der Waals surface area contributed by atoms with Gasteiger partial charge in [-0.25, -0.2) is 0 Å². The molecule has 1 aromatic carbocycles. The molecule has 1 aromatic rings. The lowest BCUT2D eigenvalue weighted by molar-refractivity contribution is 0.293. The van der Waals surface area contributed by atoms with Gasteiger partial charge in [-0.05, 0) is 25.0 Å². The van der Waals surface area contributed by atoms with E-state index in [0.717, 1.165) is 18.9 Å². The summed E-state index contributed by atoms with van der Waals surface area (Å²) in [4.78, 5) is 0. The standard InChI is InChI=1S/C16H25NO/c1-2-5-9-15(10-6-3-1)17-13-14-18-16-11-7-4-8-12-16/h4,7-8,11-12,15,17H,1-3,5-6,9-10,13-14H2. The SMILES string of the molecule is c1ccc(OCCNC2CCCCCCC2)cc1. The molecule has 0 unspecified atom stereocenters. The van der Waals surface area contributed by atoms with E-state index in [4.69, 9.17) is 4.74 Å². The molecule has 0 saturated heterocycles. The Bertz CT molecular complexity index is 304. The van der Waals surface area contributed by atoms with Gasteiger partial charge in [-0.15, -0.1) is 0 Å². The van der Waals surface area contributed by atoms with Crippen LogP contribution in [0.2, 0.25) is 0 Å². The van der Waals surface area contributed by atoms with Gasteiger partial charge >= 0.3 is 0 Å². The summed E-state index contributed by atoms with van der Waals surface area (Å²) in [6, 6.07) is 10.8. The van der Waals surface area contributed by atoms with Crippen molar-refractivity contribution in [1.82, 2.24) is 5.32 Å². The highest BCUT2D eigenvalue weighted by atomic mass is 16.5. The highest BCUT2D eigenvalue weighted by molar-refractivity contribution is 5.20. The number of hydrogen-bond acceptors (Lipinski definition) is 2. The topological polar surface area (TPSA) is 21.3 Å². The molecule has 1 aliphatic carbocycles. The second-order valence-corrected chi connectivity index (χ2v) is 5.16. The van der Waals surface area contributed by atoms with Crippen LogP contribution in [-0.4, -0.2) is 19.2 Å². The maximum atomic E-state index is 5.69. The minimum Gasteiger partial charge on any atom is -0.492 e. The summed E-state index contributed by atoms with van der Waals surface area (Å²) in [6.45, 7) is 1.72. The Labute approximate surface area is 111 Å². The Morgan fingerprint density at radius 3 is 2.33 bits per heavy atom. The van der Waals surface area contributed by atoms with Crippen LogP contribution in [0.4, 0.5) is 0 Å². The molecule has 0 spiro atoms. The summed E-state index contributed by atoms with van der Waals surface area (Å²) >= 11 is 0. The van der Waals surface area contributed by atoms with Gasteiger partial charge in [0.25, 0.3) is 0 Å². The molecule has 0 radical (unpaired) electrons. The van der Waals surface area contributed by atoms with Gasteiger partial charge in [0.1, 0.15) is 12.4 Å². The van der Waals surface area contributed by atoms with E-state index in [9.17, 15) is 0 Å². The Balaban J connectivity index is 1.59. The zero-order valence-corrected chi connectivity index (χ0v) is 11.2. The first-order valence-corrected chi connectivity index (χ1v) is 7.36. The molecule has 0 aliphatic heterocycles. The summed E-state index contributed by atoms with van der Waals surface area (Å²) in [5.74, 6) is 0.969. The lowest BCUT2D eigenvalue weighted by Gasteiger charge is -2.21. The van der Waals surface area contributed by atoms with Crippen molar-refractivity contribution < 1.29 is 4.74 Å². The molecule has 2 heteroatoms. The molecule has 0 aromatic heterocycles. The lowest BCUT2D eigenvalue weighted by atomic mass is 9.97. The fourth-order valence-electron chi connectivity index (χ4n) is 2.61. The normalized spacial score (nSPS) is 18.0. The van der Waals surface area contributed by atoms with Crippen LogP contribution < -0.4 is 10.1 Å². The van der Waals surface area contributed by atoms with Gasteiger partial charge in [0.05, 0.1) is 0 Å². The van der Waals surface area contributed by atoms with Gasteiger partial charge in [0.2, 0.25) is 0 Å². The van der Waals surface area contributed by atoms with Crippen molar-refractivity contribution in [2.75, 3.05) is 13.2 Å². The van der Waals surface area contributed by atoms with Crippen molar-refractivity contribution in [2.24, 2.45) is 0 Å². The molecule has 1 fully saturated rings. The molecule has 0 bridgehead atoms. The van der Waals surface area contributed by atoms with Crippen molar-refractivity contribution in [3.8, 4) is 5.75 Å². The number of nitrogens with one attached hydrogen (secondary N) is 1. The highest BCUT2D eigenvalue weighted by Crippen LogP contribution is 2.16. The number of ether oxygens (including phenoxy) is 1. The van der Waals surface area contributed by atoms with Crippen LogP contribution in [0.1, 0.15) is 44.9 Å². The van der Waals surface area contributed by atoms with Gasteiger partial charge in [-0.1, -0.05) is 50.3 Å². The number of para-hydroxylation sites is 1. The number of hydrogen-bond donors (Lipinski definition) is 1. The fourth-order valence-corrected chi connectivity index (χ4v) is 2.61. The largest absolute Gasteiger partial charge is 0.492 e. The first-order chi connectivity index (χ1) is 8.95. The van der Waals surface area contributed by atoms with E-state index < -0.39 is 0 Å². The molecule has 0 atom stereocenters. The van der Waals surface area contributed by atoms with Crippen LogP contribution >= 0.6 is 0 Å². The van der Waals surface area contributed by atoms with Crippen molar-refractivity contribution in [3.05, 3.63) is 30.3 Å². The van der Waals surface area contributed by atoms with Crippen LogP contribution in [0, 0.1) is 0 Å². The van der Waals surface area contributed by atoms with Gasteiger partial charge in [-0.3, -0.25) is 0 Å². The molecular formula is C16H25NO. The first-order valence-electron chi connectivity index (χ1n) is 7.36. The lowest BCUT2D eigenvalue weighted by Crippen LogP contribution is -2.33. The molecule has 18 heavy (non-hydrogen) atoms. The average Bonchev–Trinajstić information content (AvgIpc) is 2.38. The highest BCUT2D eigenvalue weighted by Gasteiger charge is 2.09. The molecule has 0 heterocycles. The molecule has 100 valence electrons. The van der Waals surface area contributed by atoms with Gasteiger partial charge in [0.15, 0.2) is 0 Å². The summed E-state index contributed by atoms with van der Waals surface area (Å²) in [5, 5.41) is 3.63. The van der Waals surface area contributed by atoms with E-state index in [1.54, 1.807) is 0 Å². The molecule has 2 rings (SSSR count). The van der Waals surface area contributed by atoms with Crippen molar-refractivity contribution in [1.29, 1.82) is 0 Å². The van der Waals surface area contributed by atoms with E-state index in [-0.39, 0.29) is 0 Å². The summed E-state index contributed by atoms with van der Waals surface area (Å²) in [5.41, 5.74) is 0. The van der Waals surface area contributed by atoms with Crippen LogP contribution in [0.5, 0.6) is 5.75 Å². The monoisotopic (exact) mass is 247 g/mol. The molecule has 1 aliphatic rings. The summed E-state index contributed by atoms with van der Waals surface area (Å²) < 4.78 is 5.69. The Kier molecular flexibility index (Phi) is 6.07. The Morgan fingerprint density at radius 1 is 0.944 bits per heavy atom. The fraction of sp³-hybridized carbons (Fsp3) is 0.625. The van der Waals surface area contributed by atoms with Gasteiger partial charge in [0, 0.05) is 12.6 Å². The number of rotatable bonds is 5. The predicted octanol–water partition coefficient (Wildman–Crippen LogP) is 3.77. The first kappa shape index (κ1) is 13.4. The third-order valence-corrected chi connectivity index (χ3v) is 3.65. The Hall–Kier alpha value is -1.02. The summed E-state index contributed by atoms with van der Waals surface area (Å²) in [7, 11) is 0. The van der Waals surface area contributed by atoms with E-state index in [0.29, 0.717) is 6.04 Å². The molecule has 1 saturated carbocycles. The van der Waals surface area contributed by atoms with Crippen LogP contribution in [0.3, 0.4) is 0 Å². The van der Waals surface area contributed by atoms with Crippen LogP contribution in [0.25, 0.3) is 0 Å². The second kappa shape index (κ2) is 8.15. The third kappa shape index (κ3) is 5.09. The average molecular weight is 247 g/mol. The molecular weight excluding hydrogens is 222 g/mol. The van der Waals surface area contributed by atoms with Gasteiger partial charge < -0.3 is 10.1 Å².